The Balaban J connectivity index is 2.13. The standard InChI is InChI=1S/C14H18N4O/c1-10(2)14-17-12(8-13(18-14)19-3)16-9-11-4-6-15-7-5-11/h4-8,10H,9H2,1-3H3,(H,16,17,18). The van der Waals surface area contributed by atoms with Gasteiger partial charge in [-0.1, -0.05) is 13.8 Å². The molecule has 5 nitrogen and oxygen atoms in total. The van der Waals surface area contributed by atoms with Gasteiger partial charge in [-0.05, 0) is 17.7 Å². The van der Waals surface area contributed by atoms with Crippen LogP contribution in [0.25, 0.3) is 0 Å². The first-order valence-corrected chi connectivity index (χ1v) is 6.25. The maximum Gasteiger partial charge on any atom is 0.218 e. The highest BCUT2D eigenvalue weighted by Gasteiger charge is 2.08. The highest BCUT2D eigenvalue weighted by molar-refractivity contribution is 5.39. The smallest absolute Gasteiger partial charge is 0.218 e. The Morgan fingerprint density at radius 2 is 1.95 bits per heavy atom. The summed E-state index contributed by atoms with van der Waals surface area (Å²) in [6.07, 6.45) is 3.55. The summed E-state index contributed by atoms with van der Waals surface area (Å²) in [5.41, 5.74) is 1.15. The van der Waals surface area contributed by atoms with Crippen LogP contribution in [0.5, 0.6) is 5.88 Å². The minimum Gasteiger partial charge on any atom is -0.481 e. The number of anilines is 1. The fourth-order valence-corrected chi connectivity index (χ4v) is 1.59. The molecule has 1 N–H and O–H groups in total. The molecule has 100 valence electrons. The second-order valence-corrected chi connectivity index (χ2v) is 4.52. The number of methoxy groups -OCH3 is 1. The average molecular weight is 258 g/mol. The van der Waals surface area contributed by atoms with Crippen LogP contribution in [0.2, 0.25) is 0 Å². The lowest BCUT2D eigenvalue weighted by molar-refractivity contribution is 0.394. The van der Waals surface area contributed by atoms with Crippen LogP contribution in [0.15, 0.2) is 30.6 Å². The number of hydrogen-bond donors (Lipinski definition) is 1. The van der Waals surface area contributed by atoms with Crippen molar-refractivity contribution in [3.05, 3.63) is 42.0 Å². The Morgan fingerprint density at radius 3 is 2.58 bits per heavy atom. The van der Waals surface area contributed by atoms with Crippen molar-refractivity contribution in [1.29, 1.82) is 0 Å². The van der Waals surface area contributed by atoms with Crippen molar-refractivity contribution in [2.75, 3.05) is 12.4 Å². The number of pyridine rings is 1. The van der Waals surface area contributed by atoms with Crippen molar-refractivity contribution in [2.24, 2.45) is 0 Å². The molecule has 0 bridgehead atoms. The number of rotatable bonds is 5. The van der Waals surface area contributed by atoms with Crippen LogP contribution in [0, 0.1) is 0 Å². The maximum atomic E-state index is 5.20. The molecule has 2 rings (SSSR count). The van der Waals surface area contributed by atoms with E-state index >= 15 is 0 Å². The fourth-order valence-electron chi connectivity index (χ4n) is 1.59. The molecule has 0 saturated carbocycles. The minimum atomic E-state index is 0.261. The third kappa shape index (κ3) is 3.64. The van der Waals surface area contributed by atoms with E-state index in [1.54, 1.807) is 25.6 Å². The molecule has 0 aliphatic carbocycles. The summed E-state index contributed by atoms with van der Waals surface area (Å²) in [6.45, 7) is 4.81. The van der Waals surface area contributed by atoms with Gasteiger partial charge in [0.25, 0.3) is 0 Å². The quantitative estimate of drug-likeness (QED) is 0.893. The molecular weight excluding hydrogens is 240 g/mol. The first-order chi connectivity index (χ1) is 9.19. The van der Waals surface area contributed by atoms with E-state index in [0.29, 0.717) is 12.4 Å². The molecule has 0 aromatic carbocycles. The lowest BCUT2D eigenvalue weighted by Crippen LogP contribution is -2.06. The summed E-state index contributed by atoms with van der Waals surface area (Å²) < 4.78 is 5.20. The van der Waals surface area contributed by atoms with Crippen LogP contribution >= 0.6 is 0 Å². The lowest BCUT2D eigenvalue weighted by atomic mass is 10.2. The Labute approximate surface area is 113 Å². The van der Waals surface area contributed by atoms with Crippen molar-refractivity contribution < 1.29 is 4.74 Å². The highest BCUT2D eigenvalue weighted by Crippen LogP contribution is 2.18. The monoisotopic (exact) mass is 258 g/mol. The zero-order valence-corrected chi connectivity index (χ0v) is 11.4. The molecule has 0 spiro atoms. The van der Waals surface area contributed by atoms with Crippen molar-refractivity contribution in [1.82, 2.24) is 15.0 Å². The van der Waals surface area contributed by atoms with Crippen molar-refractivity contribution in [3.63, 3.8) is 0 Å². The fraction of sp³-hybridized carbons (Fsp3) is 0.357. The van der Waals surface area contributed by atoms with Gasteiger partial charge in [-0.15, -0.1) is 0 Å². The SMILES string of the molecule is COc1cc(NCc2ccncc2)nc(C(C)C)n1. The van der Waals surface area contributed by atoms with Gasteiger partial charge in [-0.3, -0.25) is 4.98 Å². The largest absolute Gasteiger partial charge is 0.481 e. The molecule has 0 fully saturated rings. The number of nitrogens with one attached hydrogen (secondary N) is 1. The number of aromatic nitrogens is 3. The molecule has 19 heavy (non-hydrogen) atoms. The first-order valence-electron chi connectivity index (χ1n) is 6.25. The van der Waals surface area contributed by atoms with Gasteiger partial charge in [-0.2, -0.15) is 4.98 Å². The zero-order chi connectivity index (χ0) is 13.7. The topological polar surface area (TPSA) is 59.9 Å². The predicted octanol–water partition coefficient (Wildman–Crippen LogP) is 2.62. The van der Waals surface area contributed by atoms with Gasteiger partial charge in [0.1, 0.15) is 11.6 Å². The van der Waals surface area contributed by atoms with Crippen LogP contribution < -0.4 is 10.1 Å². The molecule has 0 atom stereocenters. The van der Waals surface area contributed by atoms with Gasteiger partial charge in [-0.25, -0.2) is 4.98 Å². The molecule has 2 aromatic heterocycles. The normalized spacial score (nSPS) is 10.5. The number of hydrogen-bond acceptors (Lipinski definition) is 5. The summed E-state index contributed by atoms with van der Waals surface area (Å²) in [5.74, 6) is 2.39. The van der Waals surface area contributed by atoms with Gasteiger partial charge >= 0.3 is 0 Å². The van der Waals surface area contributed by atoms with E-state index in [4.69, 9.17) is 4.74 Å². The van der Waals surface area contributed by atoms with Gasteiger partial charge in [0.15, 0.2) is 0 Å². The minimum absolute atomic E-state index is 0.261. The van der Waals surface area contributed by atoms with Crippen LogP contribution in [-0.2, 0) is 6.54 Å². The maximum absolute atomic E-state index is 5.20. The van der Waals surface area contributed by atoms with Gasteiger partial charge in [0.05, 0.1) is 7.11 Å². The van der Waals surface area contributed by atoms with Crippen molar-refractivity contribution >= 4 is 5.82 Å². The molecule has 0 aliphatic rings. The van der Waals surface area contributed by atoms with Gasteiger partial charge in [0.2, 0.25) is 5.88 Å². The van der Waals surface area contributed by atoms with E-state index in [1.807, 2.05) is 12.1 Å². The predicted molar refractivity (Wildman–Crippen MR) is 74.2 cm³/mol. The van der Waals surface area contributed by atoms with E-state index in [2.05, 4.69) is 34.1 Å². The van der Waals surface area contributed by atoms with E-state index < -0.39 is 0 Å². The molecule has 0 saturated heterocycles. The molecule has 2 aromatic rings. The van der Waals surface area contributed by atoms with E-state index in [9.17, 15) is 0 Å². The molecule has 0 radical (unpaired) electrons. The van der Waals surface area contributed by atoms with Crippen LogP contribution in [-0.4, -0.2) is 22.1 Å². The molecule has 2 heterocycles. The average Bonchev–Trinajstić information content (AvgIpc) is 2.45. The van der Waals surface area contributed by atoms with Crippen molar-refractivity contribution in [3.8, 4) is 5.88 Å². The number of ether oxygens (including phenoxy) is 1. The Hall–Kier alpha value is -2.17. The van der Waals surface area contributed by atoms with Gasteiger partial charge in [0, 0.05) is 30.9 Å². The number of nitrogens with zero attached hydrogens (tertiary/aromatic N) is 3. The third-order valence-corrected chi connectivity index (χ3v) is 2.67. The van der Waals surface area contributed by atoms with Gasteiger partial charge < -0.3 is 10.1 Å². The second kappa shape index (κ2) is 6.13. The van der Waals surface area contributed by atoms with E-state index in [0.717, 1.165) is 17.2 Å². The third-order valence-electron chi connectivity index (χ3n) is 2.67. The summed E-state index contributed by atoms with van der Waals surface area (Å²) in [4.78, 5) is 12.8. The van der Waals surface area contributed by atoms with Crippen molar-refractivity contribution in [2.45, 2.75) is 26.3 Å². The molecule has 5 heteroatoms. The summed E-state index contributed by atoms with van der Waals surface area (Å²) >= 11 is 0. The zero-order valence-electron chi connectivity index (χ0n) is 11.4. The lowest BCUT2D eigenvalue weighted by Gasteiger charge is -2.11. The summed E-state index contributed by atoms with van der Waals surface area (Å²) in [6, 6.07) is 5.73. The van der Waals surface area contributed by atoms with E-state index in [-0.39, 0.29) is 5.92 Å². The van der Waals surface area contributed by atoms with Crippen LogP contribution in [0.4, 0.5) is 5.82 Å². The Bertz CT molecular complexity index is 528. The van der Waals surface area contributed by atoms with E-state index in [1.165, 1.54) is 0 Å². The summed E-state index contributed by atoms with van der Waals surface area (Å²) in [5, 5.41) is 3.27. The first kappa shape index (κ1) is 13.3. The summed E-state index contributed by atoms with van der Waals surface area (Å²) in [7, 11) is 1.61. The second-order valence-electron chi connectivity index (χ2n) is 4.52. The Kier molecular flexibility index (Phi) is 4.28. The molecular formula is C14H18N4O. The Morgan fingerprint density at radius 1 is 1.21 bits per heavy atom. The molecule has 0 unspecified atom stereocenters. The highest BCUT2D eigenvalue weighted by atomic mass is 16.5. The van der Waals surface area contributed by atoms with Crippen LogP contribution in [0.3, 0.4) is 0 Å². The van der Waals surface area contributed by atoms with Crippen LogP contribution in [0.1, 0.15) is 31.2 Å². The molecule has 0 amide bonds. The molecule has 0 aliphatic heterocycles.